The Morgan fingerprint density at radius 3 is 1.94 bits per heavy atom. The average molecular weight is 255 g/mol. The Balaban J connectivity index is 2.54. The maximum absolute atomic E-state index is 2.42. The van der Waals surface area contributed by atoms with Crippen molar-refractivity contribution in [1.29, 1.82) is 0 Å². The lowest BCUT2D eigenvalue weighted by Crippen LogP contribution is -2.54. The van der Waals surface area contributed by atoms with E-state index >= 15 is 0 Å². The van der Waals surface area contributed by atoms with Crippen LogP contribution >= 0.6 is 0 Å². The van der Waals surface area contributed by atoms with E-state index in [4.69, 9.17) is 0 Å². The van der Waals surface area contributed by atoms with Crippen LogP contribution in [0.5, 0.6) is 0 Å². The van der Waals surface area contributed by atoms with Gasteiger partial charge in [0.25, 0.3) is 0 Å². The molecule has 0 unspecified atom stereocenters. The molecule has 0 saturated carbocycles. The number of para-hydroxylation sites is 1. The van der Waals surface area contributed by atoms with Crippen molar-refractivity contribution in [1.82, 2.24) is 0 Å². The van der Waals surface area contributed by atoms with Gasteiger partial charge in [-0.25, -0.2) is 0 Å². The topological polar surface area (TPSA) is 3.24 Å². The van der Waals surface area contributed by atoms with Crippen molar-refractivity contribution >= 4 is 24.1 Å². The highest BCUT2D eigenvalue weighted by molar-refractivity contribution is 7.01. The standard InChI is InChI=1S/C16H21NSi/c1-17(2)15-12-8-9-13-16(15)18(3,4)14-10-6-5-7-11-14/h5-13H,1-4H3. The van der Waals surface area contributed by atoms with Crippen LogP contribution in [0.4, 0.5) is 5.69 Å². The molecule has 0 fully saturated rings. The van der Waals surface area contributed by atoms with E-state index in [1.54, 1.807) is 0 Å². The Hall–Kier alpha value is -1.54. The van der Waals surface area contributed by atoms with Crippen molar-refractivity contribution in [3.05, 3.63) is 54.6 Å². The highest BCUT2D eigenvalue weighted by Crippen LogP contribution is 2.14. The molecule has 0 N–H and O–H groups in total. The molecular formula is C16H21NSi. The second kappa shape index (κ2) is 4.98. The quantitative estimate of drug-likeness (QED) is 0.762. The summed E-state index contributed by atoms with van der Waals surface area (Å²) in [7, 11) is 2.63. The molecule has 0 bridgehead atoms. The average Bonchev–Trinajstić information content (AvgIpc) is 2.39. The summed E-state index contributed by atoms with van der Waals surface area (Å²) in [5.41, 5.74) is 1.35. The summed E-state index contributed by atoms with van der Waals surface area (Å²) in [6.45, 7) is 4.84. The van der Waals surface area contributed by atoms with Crippen LogP contribution in [-0.4, -0.2) is 22.2 Å². The van der Waals surface area contributed by atoms with E-state index in [0.717, 1.165) is 0 Å². The molecule has 0 radical (unpaired) electrons. The summed E-state index contributed by atoms with van der Waals surface area (Å²) in [4.78, 5) is 2.22. The number of hydrogen-bond donors (Lipinski definition) is 0. The molecule has 0 aliphatic heterocycles. The molecule has 0 amide bonds. The second-order valence-electron chi connectivity index (χ2n) is 5.40. The molecule has 18 heavy (non-hydrogen) atoms. The van der Waals surface area contributed by atoms with Gasteiger partial charge in [0, 0.05) is 19.8 Å². The van der Waals surface area contributed by atoms with Gasteiger partial charge in [-0.15, -0.1) is 0 Å². The smallest absolute Gasteiger partial charge is 0.114 e. The third-order valence-corrected chi connectivity index (χ3v) is 7.10. The monoisotopic (exact) mass is 255 g/mol. The highest BCUT2D eigenvalue weighted by Gasteiger charge is 2.28. The lowest BCUT2D eigenvalue weighted by Gasteiger charge is -2.29. The molecule has 0 aliphatic carbocycles. The van der Waals surface area contributed by atoms with E-state index in [1.807, 2.05) is 0 Å². The van der Waals surface area contributed by atoms with Crippen molar-refractivity contribution in [3.8, 4) is 0 Å². The van der Waals surface area contributed by atoms with Crippen molar-refractivity contribution in [2.75, 3.05) is 19.0 Å². The summed E-state index contributed by atoms with van der Waals surface area (Å²) < 4.78 is 0. The molecule has 0 atom stereocenters. The van der Waals surface area contributed by atoms with Crippen LogP contribution in [0.2, 0.25) is 13.1 Å². The molecule has 2 rings (SSSR count). The molecule has 2 heteroatoms. The molecule has 0 aliphatic rings. The van der Waals surface area contributed by atoms with E-state index < -0.39 is 8.07 Å². The molecule has 0 heterocycles. The molecule has 0 aromatic heterocycles. The third kappa shape index (κ3) is 2.34. The summed E-state index contributed by atoms with van der Waals surface area (Å²) in [6, 6.07) is 19.7. The second-order valence-corrected chi connectivity index (χ2v) is 9.77. The molecule has 2 aromatic carbocycles. The van der Waals surface area contributed by atoms with Crippen LogP contribution in [0.25, 0.3) is 0 Å². The first kappa shape index (κ1) is 12.9. The number of rotatable bonds is 3. The lowest BCUT2D eigenvalue weighted by molar-refractivity contribution is 1.14. The maximum Gasteiger partial charge on any atom is 0.114 e. The first-order chi connectivity index (χ1) is 8.53. The summed E-state index contributed by atoms with van der Waals surface area (Å²) in [5.74, 6) is 0. The molecular weight excluding hydrogens is 234 g/mol. The third-order valence-electron chi connectivity index (χ3n) is 3.55. The fourth-order valence-corrected chi connectivity index (χ4v) is 5.20. The van der Waals surface area contributed by atoms with Crippen LogP contribution < -0.4 is 15.3 Å². The predicted octanol–water partition coefficient (Wildman–Crippen LogP) is 2.58. The zero-order valence-corrected chi connectivity index (χ0v) is 12.6. The van der Waals surface area contributed by atoms with Crippen LogP contribution in [0.3, 0.4) is 0 Å². The van der Waals surface area contributed by atoms with E-state index in [9.17, 15) is 0 Å². The molecule has 94 valence electrons. The highest BCUT2D eigenvalue weighted by atomic mass is 28.3. The summed E-state index contributed by atoms with van der Waals surface area (Å²) >= 11 is 0. The fraction of sp³-hybridized carbons (Fsp3) is 0.250. The minimum atomic E-state index is -1.60. The zero-order chi connectivity index (χ0) is 13.2. The van der Waals surface area contributed by atoms with E-state index in [2.05, 4.69) is 86.7 Å². The SMILES string of the molecule is CN(C)c1ccccc1[Si](C)(C)c1ccccc1. The van der Waals surface area contributed by atoms with Crippen molar-refractivity contribution in [3.63, 3.8) is 0 Å². The predicted molar refractivity (Wildman–Crippen MR) is 84.0 cm³/mol. The molecule has 2 aromatic rings. The lowest BCUT2D eigenvalue weighted by atomic mass is 10.3. The Kier molecular flexibility index (Phi) is 3.57. The minimum absolute atomic E-state index is 1.35. The van der Waals surface area contributed by atoms with E-state index in [0.29, 0.717) is 0 Å². The van der Waals surface area contributed by atoms with Crippen molar-refractivity contribution in [2.45, 2.75) is 13.1 Å². The van der Waals surface area contributed by atoms with Gasteiger partial charge in [-0.2, -0.15) is 0 Å². The van der Waals surface area contributed by atoms with E-state index in [-0.39, 0.29) is 0 Å². The Labute approximate surface area is 111 Å². The largest absolute Gasteiger partial charge is 0.378 e. The van der Waals surface area contributed by atoms with Gasteiger partial charge in [0.2, 0.25) is 0 Å². The first-order valence-corrected chi connectivity index (χ1v) is 9.36. The van der Waals surface area contributed by atoms with Crippen LogP contribution in [-0.2, 0) is 0 Å². The Bertz CT molecular complexity index is 518. The Morgan fingerprint density at radius 1 is 0.778 bits per heavy atom. The van der Waals surface area contributed by atoms with Gasteiger partial charge in [0.1, 0.15) is 8.07 Å². The molecule has 1 nitrogen and oxygen atoms in total. The van der Waals surface area contributed by atoms with Crippen LogP contribution in [0.1, 0.15) is 0 Å². The number of anilines is 1. The Morgan fingerprint density at radius 2 is 1.33 bits per heavy atom. The minimum Gasteiger partial charge on any atom is -0.378 e. The number of hydrogen-bond acceptors (Lipinski definition) is 1. The number of benzene rings is 2. The van der Waals surface area contributed by atoms with Crippen molar-refractivity contribution in [2.24, 2.45) is 0 Å². The van der Waals surface area contributed by atoms with Gasteiger partial charge in [-0.05, 0) is 11.3 Å². The van der Waals surface area contributed by atoms with Crippen molar-refractivity contribution < 1.29 is 0 Å². The van der Waals surface area contributed by atoms with Crippen LogP contribution in [0.15, 0.2) is 54.6 Å². The zero-order valence-electron chi connectivity index (χ0n) is 11.6. The van der Waals surface area contributed by atoms with E-state index in [1.165, 1.54) is 16.1 Å². The van der Waals surface area contributed by atoms with Gasteiger partial charge < -0.3 is 4.90 Å². The van der Waals surface area contributed by atoms with Gasteiger partial charge in [-0.1, -0.05) is 66.8 Å². The molecule has 0 saturated heterocycles. The van der Waals surface area contributed by atoms with Gasteiger partial charge >= 0.3 is 0 Å². The van der Waals surface area contributed by atoms with Gasteiger partial charge in [0.15, 0.2) is 0 Å². The van der Waals surface area contributed by atoms with Gasteiger partial charge in [0.05, 0.1) is 0 Å². The normalized spacial score (nSPS) is 11.3. The fourth-order valence-electron chi connectivity index (χ4n) is 2.40. The van der Waals surface area contributed by atoms with Gasteiger partial charge in [-0.3, -0.25) is 0 Å². The maximum atomic E-state index is 2.42. The number of nitrogens with zero attached hydrogens (tertiary/aromatic N) is 1. The first-order valence-electron chi connectivity index (χ1n) is 6.36. The molecule has 0 spiro atoms. The summed E-state index contributed by atoms with van der Waals surface area (Å²) in [6.07, 6.45) is 0. The van der Waals surface area contributed by atoms with Crippen LogP contribution in [0, 0.1) is 0 Å². The summed E-state index contributed by atoms with van der Waals surface area (Å²) in [5, 5.41) is 2.99.